The fourth-order valence-electron chi connectivity index (χ4n) is 2.59. The van der Waals surface area contributed by atoms with Crippen molar-refractivity contribution in [1.29, 1.82) is 5.26 Å². The van der Waals surface area contributed by atoms with Crippen molar-refractivity contribution in [3.05, 3.63) is 43.8 Å². The number of rotatable bonds is 9. The molecule has 0 atom stereocenters. The van der Waals surface area contributed by atoms with Crippen LogP contribution in [-0.2, 0) is 25.6 Å². The Kier molecular flexibility index (Phi) is 8.99. The van der Waals surface area contributed by atoms with Crippen LogP contribution >= 0.6 is 11.3 Å². The summed E-state index contributed by atoms with van der Waals surface area (Å²) in [5.41, 5.74) is 0.830. The molecule has 2 N–H and O–H groups in total. The molecule has 0 unspecified atom stereocenters. The van der Waals surface area contributed by atoms with Gasteiger partial charge in [0.15, 0.2) is 5.57 Å². The van der Waals surface area contributed by atoms with Crippen molar-refractivity contribution < 1.29 is 19.1 Å². The number of nitrogens with zero attached hydrogens (tertiary/aromatic N) is 2. The van der Waals surface area contributed by atoms with Gasteiger partial charge in [0.2, 0.25) is 5.91 Å². The Labute approximate surface area is 183 Å². The average Bonchev–Trinajstić information content (AvgIpc) is 3.07. The van der Waals surface area contributed by atoms with Crippen molar-refractivity contribution >= 4 is 46.4 Å². The number of methoxy groups -OCH3 is 1. The van der Waals surface area contributed by atoms with Gasteiger partial charge in [-0.25, -0.2) is 4.79 Å². The normalized spacial score (nSPS) is 12.1. The van der Waals surface area contributed by atoms with E-state index in [4.69, 9.17) is 9.47 Å². The number of anilines is 2. The van der Waals surface area contributed by atoms with Gasteiger partial charge in [0.25, 0.3) is 5.56 Å². The van der Waals surface area contributed by atoms with Crippen molar-refractivity contribution in [3.63, 3.8) is 0 Å². The Morgan fingerprint density at radius 2 is 1.90 bits per heavy atom. The predicted molar refractivity (Wildman–Crippen MR) is 119 cm³/mol. The Bertz CT molecular complexity index is 1140. The smallest absolute Gasteiger partial charge is 0.351 e. The number of nitriles is 1. The number of esters is 1. The van der Waals surface area contributed by atoms with Gasteiger partial charge >= 0.3 is 5.97 Å². The minimum absolute atomic E-state index is 0.134. The van der Waals surface area contributed by atoms with Crippen LogP contribution < -0.4 is 25.4 Å². The number of ether oxygens (including phenoxy) is 2. The highest BCUT2D eigenvalue weighted by atomic mass is 32.1. The van der Waals surface area contributed by atoms with Gasteiger partial charge in [0.1, 0.15) is 15.3 Å². The molecule has 164 valence electrons. The zero-order valence-electron chi connectivity index (χ0n) is 17.6. The van der Waals surface area contributed by atoms with Gasteiger partial charge in [-0.1, -0.05) is 0 Å². The molecule has 0 bridgehead atoms. The molecule has 1 aromatic heterocycles. The molecular weight excluding hydrogens is 420 g/mol. The van der Waals surface area contributed by atoms with Gasteiger partial charge in [-0.3, -0.25) is 14.2 Å². The number of benzene rings is 1. The molecule has 0 aliphatic heterocycles. The summed E-state index contributed by atoms with van der Waals surface area (Å²) in [5, 5.41) is 15.2. The molecule has 0 radical (unpaired) electrons. The Morgan fingerprint density at radius 1 is 1.23 bits per heavy atom. The van der Waals surface area contributed by atoms with E-state index >= 15 is 0 Å². The number of hydrogen-bond donors (Lipinski definition) is 2. The van der Waals surface area contributed by atoms with E-state index in [1.807, 2.05) is 6.07 Å². The monoisotopic (exact) mass is 444 g/mol. The van der Waals surface area contributed by atoms with Crippen molar-refractivity contribution in [3.8, 4) is 6.07 Å². The molecule has 1 heterocycles. The summed E-state index contributed by atoms with van der Waals surface area (Å²) in [7, 11) is 1.53. The third-order valence-corrected chi connectivity index (χ3v) is 5.23. The van der Waals surface area contributed by atoms with Crippen LogP contribution in [0.5, 0.6) is 0 Å². The zero-order chi connectivity index (χ0) is 22.8. The fourth-order valence-corrected chi connectivity index (χ4v) is 3.67. The molecule has 0 aliphatic rings. The van der Waals surface area contributed by atoms with Crippen molar-refractivity contribution in [2.75, 3.05) is 31.0 Å². The third kappa shape index (κ3) is 6.28. The number of thiazole rings is 1. The predicted octanol–water partition coefficient (Wildman–Crippen LogP) is 0.992. The standard InChI is InChI=1S/C21H24N4O5S/c1-4-25-19(27)17(31-20(25)16(12-22)21(28)30-5-2)13-23-14-6-8-15(9-7-14)24-18(26)10-11-29-3/h6-9,13,23H,4-5,10-11H2,1-3H3,(H,24,26)/b17-13+,20-16-. The van der Waals surface area contributed by atoms with Crippen LogP contribution in [-0.4, -0.2) is 36.8 Å². The second-order valence-electron chi connectivity index (χ2n) is 6.19. The summed E-state index contributed by atoms with van der Waals surface area (Å²) in [6.07, 6.45) is 1.79. The van der Waals surface area contributed by atoms with E-state index in [2.05, 4.69) is 10.6 Å². The first-order valence-electron chi connectivity index (χ1n) is 9.61. The molecule has 2 rings (SSSR count). The van der Waals surface area contributed by atoms with Crippen molar-refractivity contribution in [1.82, 2.24) is 4.57 Å². The molecule has 10 heteroatoms. The molecule has 0 saturated heterocycles. The topological polar surface area (TPSA) is 122 Å². The van der Waals surface area contributed by atoms with E-state index in [0.29, 0.717) is 29.1 Å². The lowest BCUT2D eigenvalue weighted by Crippen LogP contribution is -2.32. The van der Waals surface area contributed by atoms with Crippen LogP contribution in [0.3, 0.4) is 0 Å². The van der Waals surface area contributed by atoms with Crippen LogP contribution in [0.25, 0.3) is 11.8 Å². The van der Waals surface area contributed by atoms with Gasteiger partial charge in [-0.05, 0) is 38.1 Å². The van der Waals surface area contributed by atoms with Crippen LogP contribution in [0, 0.1) is 11.3 Å². The minimum atomic E-state index is -0.754. The Balaban J connectivity index is 2.28. The highest BCUT2D eigenvalue weighted by Crippen LogP contribution is 2.13. The molecule has 0 saturated carbocycles. The maximum absolute atomic E-state index is 12.7. The second-order valence-corrected chi connectivity index (χ2v) is 7.22. The first kappa shape index (κ1) is 23.9. The van der Waals surface area contributed by atoms with Gasteiger partial charge in [-0.15, -0.1) is 11.3 Å². The van der Waals surface area contributed by atoms with E-state index < -0.39 is 5.97 Å². The molecule has 31 heavy (non-hydrogen) atoms. The molecule has 2 aromatic rings. The van der Waals surface area contributed by atoms with Crippen molar-refractivity contribution in [2.24, 2.45) is 0 Å². The van der Waals surface area contributed by atoms with E-state index in [1.165, 1.54) is 17.9 Å². The maximum Gasteiger partial charge on any atom is 0.351 e. The molecule has 0 spiro atoms. The van der Waals surface area contributed by atoms with Crippen LogP contribution in [0.2, 0.25) is 0 Å². The summed E-state index contributed by atoms with van der Waals surface area (Å²) in [4.78, 5) is 36.5. The molecule has 1 aromatic carbocycles. The molecule has 9 nitrogen and oxygen atoms in total. The highest BCUT2D eigenvalue weighted by molar-refractivity contribution is 7.07. The molecule has 0 aliphatic carbocycles. The number of amides is 1. The van der Waals surface area contributed by atoms with E-state index in [9.17, 15) is 19.6 Å². The third-order valence-electron chi connectivity index (χ3n) is 4.10. The largest absolute Gasteiger partial charge is 0.462 e. The lowest BCUT2D eigenvalue weighted by molar-refractivity contribution is -0.136. The van der Waals surface area contributed by atoms with Crippen LogP contribution in [0.1, 0.15) is 20.3 Å². The van der Waals surface area contributed by atoms with Gasteiger partial charge < -0.3 is 20.1 Å². The summed E-state index contributed by atoms with van der Waals surface area (Å²) in [6, 6.07) is 8.80. The average molecular weight is 445 g/mol. The van der Waals surface area contributed by atoms with E-state index in [0.717, 1.165) is 11.3 Å². The quantitative estimate of drug-likeness (QED) is 0.553. The van der Waals surface area contributed by atoms with E-state index in [-0.39, 0.29) is 34.7 Å². The Morgan fingerprint density at radius 3 is 2.48 bits per heavy atom. The molecule has 1 amide bonds. The summed E-state index contributed by atoms with van der Waals surface area (Å²) in [5.74, 6) is -0.900. The number of aromatic nitrogens is 1. The number of carbonyl (C=O) groups is 2. The second kappa shape index (κ2) is 11.7. The number of nitrogens with one attached hydrogen (secondary N) is 2. The number of hydrogen-bond acceptors (Lipinski definition) is 8. The maximum atomic E-state index is 12.7. The minimum Gasteiger partial charge on any atom is -0.462 e. The first-order valence-corrected chi connectivity index (χ1v) is 10.4. The highest BCUT2D eigenvalue weighted by Gasteiger charge is 2.16. The summed E-state index contributed by atoms with van der Waals surface area (Å²) in [6.45, 7) is 4.19. The fraction of sp³-hybridized carbons (Fsp3) is 0.333. The lowest BCUT2D eigenvalue weighted by Gasteiger charge is -2.06. The van der Waals surface area contributed by atoms with Gasteiger partial charge in [0, 0.05) is 31.2 Å². The Hall–Kier alpha value is -3.42. The SMILES string of the molecule is CCOC(=O)/C(C#N)=c1\s/c(=C/Nc2ccc(NC(=O)CCOC)cc2)c(=O)n1CC. The van der Waals surface area contributed by atoms with Gasteiger partial charge in [0.05, 0.1) is 19.6 Å². The first-order chi connectivity index (χ1) is 14.9. The zero-order valence-corrected chi connectivity index (χ0v) is 18.4. The summed E-state index contributed by atoms with van der Waals surface area (Å²) >= 11 is 1.04. The van der Waals surface area contributed by atoms with Gasteiger partial charge in [-0.2, -0.15) is 5.26 Å². The van der Waals surface area contributed by atoms with Crippen molar-refractivity contribution in [2.45, 2.75) is 26.8 Å². The number of carbonyl (C=O) groups excluding carboxylic acids is 2. The molecular formula is C21H24N4O5S. The molecule has 0 fully saturated rings. The van der Waals surface area contributed by atoms with Crippen LogP contribution in [0.15, 0.2) is 29.1 Å². The lowest BCUT2D eigenvalue weighted by atomic mass is 10.2. The van der Waals surface area contributed by atoms with Crippen LogP contribution in [0.4, 0.5) is 11.4 Å². The van der Waals surface area contributed by atoms with E-state index in [1.54, 1.807) is 38.1 Å². The summed E-state index contributed by atoms with van der Waals surface area (Å²) < 4.78 is 11.8.